The number of piperazine rings is 1. The van der Waals surface area contributed by atoms with E-state index < -0.39 is 0 Å². The number of anilines is 1. The Kier molecular flexibility index (Phi) is 3.13. The van der Waals surface area contributed by atoms with Crippen LogP contribution in [0.25, 0.3) is 0 Å². The Hall–Kier alpha value is -1.51. The Morgan fingerprint density at radius 2 is 1.94 bits per heavy atom. The Morgan fingerprint density at radius 3 is 2.50 bits per heavy atom. The zero-order valence-electron chi connectivity index (χ0n) is 9.89. The summed E-state index contributed by atoms with van der Waals surface area (Å²) in [6, 6.07) is 10.8. The lowest BCUT2D eigenvalue weighted by Gasteiger charge is -2.41. The molecule has 3 heteroatoms. The van der Waals surface area contributed by atoms with Gasteiger partial charge in [-0.2, -0.15) is 0 Å². The molecule has 2 rings (SSSR count). The van der Waals surface area contributed by atoms with Gasteiger partial charge in [-0.15, -0.1) is 0 Å². The van der Waals surface area contributed by atoms with E-state index in [2.05, 4.69) is 36.1 Å². The quantitative estimate of drug-likeness (QED) is 0.717. The molecule has 1 aliphatic rings. The van der Waals surface area contributed by atoms with Crippen LogP contribution in [0.5, 0.6) is 0 Å². The second-order valence-corrected chi connectivity index (χ2v) is 4.34. The summed E-state index contributed by atoms with van der Waals surface area (Å²) in [6.07, 6.45) is 0. The number of carbonyl (C=O) groups is 1. The Bertz CT molecular complexity index is 363. The molecular formula is C13H18N2O. The van der Waals surface area contributed by atoms with Gasteiger partial charge in [0.1, 0.15) is 0 Å². The molecule has 16 heavy (non-hydrogen) atoms. The van der Waals surface area contributed by atoms with E-state index >= 15 is 0 Å². The summed E-state index contributed by atoms with van der Waals surface area (Å²) < 4.78 is 0. The van der Waals surface area contributed by atoms with Gasteiger partial charge in [0.25, 0.3) is 0 Å². The molecule has 1 fully saturated rings. The van der Waals surface area contributed by atoms with Crippen LogP contribution in [-0.4, -0.2) is 36.5 Å². The van der Waals surface area contributed by atoms with Crippen molar-refractivity contribution in [3.05, 3.63) is 30.3 Å². The summed E-state index contributed by atoms with van der Waals surface area (Å²) in [5.41, 5.74) is 1.25. The Labute approximate surface area is 96.7 Å². The first kappa shape index (κ1) is 11.0. The summed E-state index contributed by atoms with van der Waals surface area (Å²) in [6.45, 7) is 6.39. The molecule has 0 saturated carbocycles. The van der Waals surface area contributed by atoms with Crippen molar-refractivity contribution in [1.82, 2.24) is 4.90 Å². The number of nitrogens with zero attached hydrogens (tertiary/aromatic N) is 2. The topological polar surface area (TPSA) is 23.6 Å². The minimum absolute atomic E-state index is 0.180. The number of amides is 1. The van der Waals surface area contributed by atoms with Crippen molar-refractivity contribution >= 4 is 11.6 Å². The third-order valence-corrected chi connectivity index (χ3v) is 3.16. The highest BCUT2D eigenvalue weighted by Gasteiger charge is 2.24. The van der Waals surface area contributed by atoms with Gasteiger partial charge in [0.15, 0.2) is 0 Å². The van der Waals surface area contributed by atoms with Crippen molar-refractivity contribution in [2.24, 2.45) is 0 Å². The van der Waals surface area contributed by atoms with Crippen molar-refractivity contribution in [3.8, 4) is 0 Å². The Balaban J connectivity index is 2.08. The van der Waals surface area contributed by atoms with Crippen LogP contribution in [0, 0.1) is 0 Å². The maximum absolute atomic E-state index is 11.3. The molecule has 0 N–H and O–H groups in total. The second kappa shape index (κ2) is 4.56. The molecule has 1 aromatic rings. The van der Waals surface area contributed by atoms with Crippen LogP contribution in [0.3, 0.4) is 0 Å². The third kappa shape index (κ3) is 2.18. The molecule has 1 aromatic carbocycles. The lowest BCUT2D eigenvalue weighted by Crippen LogP contribution is -2.53. The first-order chi connectivity index (χ1) is 7.68. The molecule has 0 radical (unpaired) electrons. The summed E-state index contributed by atoms with van der Waals surface area (Å²) in [7, 11) is 0. The number of carbonyl (C=O) groups excluding carboxylic acids is 1. The molecular weight excluding hydrogens is 200 g/mol. The van der Waals surface area contributed by atoms with E-state index in [4.69, 9.17) is 0 Å². The summed E-state index contributed by atoms with van der Waals surface area (Å²) in [5, 5.41) is 0. The van der Waals surface area contributed by atoms with Gasteiger partial charge in [-0.25, -0.2) is 0 Å². The van der Waals surface area contributed by atoms with Crippen molar-refractivity contribution < 1.29 is 4.79 Å². The van der Waals surface area contributed by atoms with Gasteiger partial charge in [0.05, 0.1) is 0 Å². The number of hydrogen-bond acceptors (Lipinski definition) is 2. The van der Waals surface area contributed by atoms with Crippen LogP contribution in [-0.2, 0) is 4.79 Å². The van der Waals surface area contributed by atoms with Gasteiger partial charge < -0.3 is 9.80 Å². The van der Waals surface area contributed by atoms with Crippen LogP contribution in [0.2, 0.25) is 0 Å². The van der Waals surface area contributed by atoms with Crippen LogP contribution in [0.15, 0.2) is 30.3 Å². The van der Waals surface area contributed by atoms with E-state index in [1.807, 2.05) is 11.0 Å². The van der Waals surface area contributed by atoms with Crippen LogP contribution >= 0.6 is 0 Å². The molecule has 0 bridgehead atoms. The van der Waals surface area contributed by atoms with E-state index in [9.17, 15) is 4.79 Å². The van der Waals surface area contributed by atoms with Gasteiger partial charge in [0, 0.05) is 38.3 Å². The second-order valence-electron chi connectivity index (χ2n) is 4.34. The highest BCUT2D eigenvalue weighted by molar-refractivity contribution is 5.73. The van der Waals surface area contributed by atoms with Crippen molar-refractivity contribution in [3.63, 3.8) is 0 Å². The minimum atomic E-state index is 0.180. The van der Waals surface area contributed by atoms with Crippen LogP contribution in [0.4, 0.5) is 5.69 Å². The average Bonchev–Trinajstić information content (AvgIpc) is 2.30. The number of hydrogen-bond donors (Lipinski definition) is 0. The monoisotopic (exact) mass is 218 g/mol. The molecule has 0 aliphatic carbocycles. The lowest BCUT2D eigenvalue weighted by atomic mass is 10.1. The molecule has 1 amide bonds. The molecule has 1 saturated heterocycles. The molecule has 1 heterocycles. The molecule has 3 nitrogen and oxygen atoms in total. The van der Waals surface area contributed by atoms with Gasteiger partial charge >= 0.3 is 0 Å². The highest BCUT2D eigenvalue weighted by Crippen LogP contribution is 2.19. The molecule has 1 aliphatic heterocycles. The smallest absolute Gasteiger partial charge is 0.219 e. The normalized spacial score (nSPS) is 21.0. The molecule has 1 unspecified atom stereocenters. The fraction of sp³-hybridized carbons (Fsp3) is 0.462. The lowest BCUT2D eigenvalue weighted by molar-refractivity contribution is -0.129. The van der Waals surface area contributed by atoms with Crippen LogP contribution < -0.4 is 4.90 Å². The average molecular weight is 218 g/mol. The highest BCUT2D eigenvalue weighted by atomic mass is 16.2. The number of rotatable bonds is 1. The zero-order valence-corrected chi connectivity index (χ0v) is 9.89. The maximum Gasteiger partial charge on any atom is 0.219 e. The largest absolute Gasteiger partial charge is 0.365 e. The molecule has 0 aromatic heterocycles. The minimum Gasteiger partial charge on any atom is -0.365 e. The summed E-state index contributed by atoms with van der Waals surface area (Å²) >= 11 is 0. The van der Waals surface area contributed by atoms with Gasteiger partial charge in [-0.3, -0.25) is 4.79 Å². The summed E-state index contributed by atoms with van der Waals surface area (Å²) in [4.78, 5) is 15.6. The van der Waals surface area contributed by atoms with E-state index in [1.54, 1.807) is 6.92 Å². The third-order valence-electron chi connectivity index (χ3n) is 3.16. The number of benzene rings is 1. The first-order valence-corrected chi connectivity index (χ1v) is 5.75. The Morgan fingerprint density at radius 1 is 1.25 bits per heavy atom. The first-order valence-electron chi connectivity index (χ1n) is 5.75. The summed E-state index contributed by atoms with van der Waals surface area (Å²) in [5.74, 6) is 0.180. The molecule has 86 valence electrons. The maximum atomic E-state index is 11.3. The van der Waals surface area contributed by atoms with Crippen molar-refractivity contribution in [1.29, 1.82) is 0 Å². The molecule has 1 atom stereocenters. The van der Waals surface area contributed by atoms with Crippen molar-refractivity contribution in [2.75, 3.05) is 24.5 Å². The zero-order chi connectivity index (χ0) is 11.5. The van der Waals surface area contributed by atoms with Crippen LogP contribution in [0.1, 0.15) is 13.8 Å². The van der Waals surface area contributed by atoms with Gasteiger partial charge in [0.2, 0.25) is 5.91 Å². The van der Waals surface area contributed by atoms with E-state index in [0.29, 0.717) is 6.04 Å². The SMILES string of the molecule is CC(=O)N1CCN(c2ccccc2)C(C)C1. The van der Waals surface area contributed by atoms with E-state index in [-0.39, 0.29) is 5.91 Å². The standard InChI is InChI=1S/C13H18N2O/c1-11-10-14(12(2)16)8-9-15(11)13-6-4-3-5-7-13/h3-7,11H,8-10H2,1-2H3. The number of para-hydroxylation sites is 1. The predicted molar refractivity (Wildman–Crippen MR) is 65.5 cm³/mol. The predicted octanol–water partition coefficient (Wildman–Crippen LogP) is 1.74. The van der Waals surface area contributed by atoms with Gasteiger partial charge in [-0.05, 0) is 19.1 Å². The van der Waals surface area contributed by atoms with E-state index in [0.717, 1.165) is 19.6 Å². The van der Waals surface area contributed by atoms with Crippen molar-refractivity contribution in [2.45, 2.75) is 19.9 Å². The van der Waals surface area contributed by atoms with Gasteiger partial charge in [-0.1, -0.05) is 18.2 Å². The molecule has 0 spiro atoms. The fourth-order valence-electron chi connectivity index (χ4n) is 2.25. The fourth-order valence-corrected chi connectivity index (χ4v) is 2.25. The van der Waals surface area contributed by atoms with E-state index in [1.165, 1.54) is 5.69 Å².